The average molecular weight is 296 g/mol. The molecule has 0 saturated carbocycles. The number of rotatable bonds is 9. The van der Waals surface area contributed by atoms with Crippen LogP contribution in [0.5, 0.6) is 0 Å². The van der Waals surface area contributed by atoms with Crippen LogP contribution in [-0.4, -0.2) is 33.6 Å². The quantitative estimate of drug-likeness (QED) is 0.526. The Balaban J connectivity index is 1.98. The van der Waals surface area contributed by atoms with E-state index in [1.165, 1.54) is 6.42 Å². The van der Waals surface area contributed by atoms with Crippen LogP contribution in [0.15, 0.2) is 18.3 Å². The highest BCUT2D eigenvalue weighted by atomic mass is 35.5. The highest BCUT2D eigenvalue weighted by Crippen LogP contribution is 2.15. The standard InChI is InChI=1S/C15H22ClN3O/c1-2-3-11-20-12-5-10-19-14(7-8-16)18-13-6-4-9-17-15(13)19/h4,6,9H,2-3,5,7-8,10-12H2,1H3. The smallest absolute Gasteiger partial charge is 0.159 e. The van der Waals surface area contributed by atoms with Crippen LogP contribution in [-0.2, 0) is 17.7 Å². The van der Waals surface area contributed by atoms with E-state index in [0.717, 1.165) is 56.0 Å². The summed E-state index contributed by atoms with van der Waals surface area (Å²) >= 11 is 5.86. The van der Waals surface area contributed by atoms with E-state index in [2.05, 4.69) is 21.5 Å². The molecule has 4 nitrogen and oxygen atoms in total. The number of alkyl halides is 1. The van der Waals surface area contributed by atoms with Crippen LogP contribution in [0.4, 0.5) is 0 Å². The maximum absolute atomic E-state index is 5.86. The van der Waals surface area contributed by atoms with Crippen molar-refractivity contribution in [3.8, 4) is 0 Å². The number of pyridine rings is 1. The fourth-order valence-electron chi connectivity index (χ4n) is 2.19. The third-order valence-corrected chi connectivity index (χ3v) is 3.40. The minimum atomic E-state index is 0.580. The van der Waals surface area contributed by atoms with Crippen LogP contribution in [0, 0.1) is 0 Å². The second kappa shape index (κ2) is 8.22. The monoisotopic (exact) mass is 295 g/mol. The SMILES string of the molecule is CCCCOCCCn1c(CCCl)nc2cccnc21. The highest BCUT2D eigenvalue weighted by Gasteiger charge is 2.10. The third kappa shape index (κ3) is 3.93. The van der Waals surface area contributed by atoms with Gasteiger partial charge in [-0.15, -0.1) is 11.6 Å². The summed E-state index contributed by atoms with van der Waals surface area (Å²) in [5.74, 6) is 1.60. The molecule has 0 unspecified atom stereocenters. The largest absolute Gasteiger partial charge is 0.381 e. The molecule has 110 valence electrons. The molecular formula is C15H22ClN3O. The Hall–Kier alpha value is -1.13. The van der Waals surface area contributed by atoms with Gasteiger partial charge in [-0.05, 0) is 25.0 Å². The summed E-state index contributed by atoms with van der Waals surface area (Å²) in [5, 5.41) is 0. The van der Waals surface area contributed by atoms with Gasteiger partial charge in [0.05, 0.1) is 0 Å². The summed E-state index contributed by atoms with van der Waals surface area (Å²) in [6, 6.07) is 3.91. The molecule has 0 atom stereocenters. The number of halogens is 1. The van der Waals surface area contributed by atoms with Crippen molar-refractivity contribution < 1.29 is 4.74 Å². The van der Waals surface area contributed by atoms with E-state index in [1.807, 2.05) is 18.3 Å². The number of fused-ring (bicyclic) bond motifs is 1. The highest BCUT2D eigenvalue weighted by molar-refractivity contribution is 6.17. The van der Waals surface area contributed by atoms with Gasteiger partial charge in [0.25, 0.3) is 0 Å². The van der Waals surface area contributed by atoms with Crippen LogP contribution in [0.3, 0.4) is 0 Å². The van der Waals surface area contributed by atoms with E-state index < -0.39 is 0 Å². The Bertz CT molecular complexity index is 527. The van der Waals surface area contributed by atoms with Crippen LogP contribution in [0.25, 0.3) is 11.2 Å². The molecule has 0 radical (unpaired) electrons. The van der Waals surface area contributed by atoms with Gasteiger partial charge in [0, 0.05) is 38.3 Å². The van der Waals surface area contributed by atoms with Gasteiger partial charge in [0.1, 0.15) is 11.3 Å². The number of aromatic nitrogens is 3. The molecule has 0 spiro atoms. The molecular weight excluding hydrogens is 274 g/mol. The van der Waals surface area contributed by atoms with Gasteiger partial charge in [0.15, 0.2) is 5.65 Å². The molecule has 0 bridgehead atoms. The van der Waals surface area contributed by atoms with Gasteiger partial charge >= 0.3 is 0 Å². The number of imidazole rings is 1. The van der Waals surface area contributed by atoms with Gasteiger partial charge in [-0.1, -0.05) is 13.3 Å². The summed E-state index contributed by atoms with van der Waals surface area (Å²) in [4.78, 5) is 9.03. The van der Waals surface area contributed by atoms with Crippen LogP contribution in [0.1, 0.15) is 32.0 Å². The summed E-state index contributed by atoms with van der Waals surface area (Å²) < 4.78 is 7.77. The van der Waals surface area contributed by atoms with E-state index in [-0.39, 0.29) is 0 Å². The first kappa shape index (κ1) is 15.3. The van der Waals surface area contributed by atoms with Gasteiger partial charge in [-0.25, -0.2) is 9.97 Å². The Morgan fingerprint density at radius 2 is 2.15 bits per heavy atom. The molecule has 5 heteroatoms. The van der Waals surface area contributed by atoms with E-state index in [0.29, 0.717) is 5.88 Å². The van der Waals surface area contributed by atoms with Crippen molar-refractivity contribution in [2.24, 2.45) is 0 Å². The topological polar surface area (TPSA) is 39.9 Å². The third-order valence-electron chi connectivity index (χ3n) is 3.21. The fourth-order valence-corrected chi connectivity index (χ4v) is 2.36. The second-order valence-electron chi connectivity index (χ2n) is 4.78. The lowest BCUT2D eigenvalue weighted by Gasteiger charge is -2.08. The predicted octanol–water partition coefficient (Wildman–Crippen LogP) is 3.42. The number of unbranched alkanes of at least 4 members (excludes halogenated alkanes) is 1. The first-order chi connectivity index (χ1) is 9.86. The Morgan fingerprint density at radius 3 is 2.95 bits per heavy atom. The van der Waals surface area contributed by atoms with Crippen LogP contribution in [0.2, 0.25) is 0 Å². The molecule has 20 heavy (non-hydrogen) atoms. The number of aryl methyl sites for hydroxylation is 2. The molecule has 0 aliphatic heterocycles. The van der Waals surface area contributed by atoms with Crippen molar-refractivity contribution in [1.82, 2.24) is 14.5 Å². The van der Waals surface area contributed by atoms with Crippen molar-refractivity contribution in [2.45, 2.75) is 39.2 Å². The summed E-state index contributed by atoms with van der Waals surface area (Å²) in [7, 11) is 0. The lowest BCUT2D eigenvalue weighted by molar-refractivity contribution is 0.126. The van der Waals surface area contributed by atoms with Gasteiger partial charge in [0.2, 0.25) is 0 Å². The second-order valence-corrected chi connectivity index (χ2v) is 5.16. The number of hydrogen-bond donors (Lipinski definition) is 0. The lowest BCUT2D eigenvalue weighted by atomic mass is 10.3. The molecule has 0 aliphatic carbocycles. The zero-order valence-corrected chi connectivity index (χ0v) is 12.8. The first-order valence-corrected chi connectivity index (χ1v) is 7.84. The minimum Gasteiger partial charge on any atom is -0.381 e. The van der Waals surface area contributed by atoms with Crippen molar-refractivity contribution in [1.29, 1.82) is 0 Å². The molecule has 0 aliphatic rings. The average Bonchev–Trinajstić information content (AvgIpc) is 2.81. The van der Waals surface area contributed by atoms with E-state index in [4.69, 9.17) is 16.3 Å². The molecule has 2 aromatic heterocycles. The van der Waals surface area contributed by atoms with Crippen LogP contribution >= 0.6 is 11.6 Å². The van der Waals surface area contributed by atoms with E-state index in [9.17, 15) is 0 Å². The van der Waals surface area contributed by atoms with Crippen molar-refractivity contribution >= 4 is 22.8 Å². The predicted molar refractivity (Wildman–Crippen MR) is 82.3 cm³/mol. The molecule has 2 aromatic rings. The van der Waals surface area contributed by atoms with E-state index >= 15 is 0 Å². The van der Waals surface area contributed by atoms with E-state index in [1.54, 1.807) is 0 Å². The molecule has 0 fully saturated rings. The molecule has 0 saturated heterocycles. The number of hydrogen-bond acceptors (Lipinski definition) is 3. The van der Waals surface area contributed by atoms with Gasteiger partial charge in [-0.3, -0.25) is 0 Å². The molecule has 2 heterocycles. The van der Waals surface area contributed by atoms with Gasteiger partial charge in [-0.2, -0.15) is 0 Å². The first-order valence-electron chi connectivity index (χ1n) is 7.30. The fraction of sp³-hybridized carbons (Fsp3) is 0.600. The molecule has 0 amide bonds. The summed E-state index contributed by atoms with van der Waals surface area (Å²) in [6.07, 6.45) is 5.86. The zero-order chi connectivity index (χ0) is 14.2. The van der Waals surface area contributed by atoms with Crippen molar-refractivity contribution in [2.75, 3.05) is 19.1 Å². The minimum absolute atomic E-state index is 0.580. The van der Waals surface area contributed by atoms with Gasteiger partial charge < -0.3 is 9.30 Å². The van der Waals surface area contributed by atoms with Crippen molar-refractivity contribution in [3.05, 3.63) is 24.2 Å². The zero-order valence-electron chi connectivity index (χ0n) is 12.0. The normalized spacial score (nSPS) is 11.3. The maximum Gasteiger partial charge on any atom is 0.159 e. The Kier molecular flexibility index (Phi) is 6.27. The molecule has 2 rings (SSSR count). The number of ether oxygens (including phenoxy) is 1. The maximum atomic E-state index is 5.86. The van der Waals surface area contributed by atoms with Crippen LogP contribution < -0.4 is 0 Å². The Morgan fingerprint density at radius 1 is 1.30 bits per heavy atom. The Labute approximate surface area is 125 Å². The summed E-state index contributed by atoms with van der Waals surface area (Å²) in [5.41, 5.74) is 1.89. The molecule has 0 N–H and O–H groups in total. The lowest BCUT2D eigenvalue weighted by Crippen LogP contribution is -2.08. The van der Waals surface area contributed by atoms with Crippen molar-refractivity contribution in [3.63, 3.8) is 0 Å². The summed E-state index contributed by atoms with van der Waals surface area (Å²) in [6.45, 7) is 4.69. The molecule has 0 aromatic carbocycles. The number of nitrogens with zero attached hydrogens (tertiary/aromatic N) is 3.